The molecule has 0 aromatic heterocycles. The monoisotopic (exact) mass is 370 g/mol. The maximum atomic E-state index is 14.2. The van der Waals surface area contributed by atoms with Gasteiger partial charge in [0.1, 0.15) is 0 Å². The first-order valence-corrected chi connectivity index (χ1v) is 7.40. The highest BCUT2D eigenvalue weighted by Gasteiger charge is 3.02. The zero-order valence-electron chi connectivity index (χ0n) is 12.7. The minimum atomic E-state index is -5.91. The van der Waals surface area contributed by atoms with E-state index in [-0.39, 0.29) is 26.2 Å². The van der Waals surface area contributed by atoms with Crippen molar-refractivity contribution in [3.05, 3.63) is 30.3 Å². The molecule has 1 saturated carbocycles. The van der Waals surface area contributed by atoms with Crippen molar-refractivity contribution in [2.75, 3.05) is 31.1 Å². The average molecular weight is 370 g/mol. The van der Waals surface area contributed by atoms with Crippen LogP contribution in [-0.2, 0) is 4.79 Å². The van der Waals surface area contributed by atoms with Crippen LogP contribution in [0.3, 0.4) is 0 Å². The van der Waals surface area contributed by atoms with Gasteiger partial charge in [0.15, 0.2) is 0 Å². The van der Waals surface area contributed by atoms with Gasteiger partial charge in [-0.15, -0.1) is 0 Å². The normalized spacial score (nSPS) is 26.0. The van der Waals surface area contributed by atoms with Gasteiger partial charge in [0.05, 0.1) is 0 Å². The number of amides is 1. The molecule has 3 nitrogen and oxygen atoms in total. The van der Waals surface area contributed by atoms with Gasteiger partial charge in [-0.25, -0.2) is 4.39 Å². The average Bonchev–Trinajstić information content (AvgIpc) is 2.60. The van der Waals surface area contributed by atoms with E-state index >= 15 is 0 Å². The molecule has 0 N–H and O–H groups in total. The number of hydrogen-bond donors (Lipinski definition) is 0. The number of carbonyl (C=O) groups excluding carboxylic acids is 1. The van der Waals surface area contributed by atoms with E-state index in [1.807, 2.05) is 0 Å². The van der Waals surface area contributed by atoms with E-state index < -0.39 is 29.3 Å². The third kappa shape index (κ3) is 2.02. The van der Waals surface area contributed by atoms with E-state index in [0.29, 0.717) is 4.90 Å². The fraction of sp³-hybridized carbons (Fsp3) is 0.533. The summed E-state index contributed by atoms with van der Waals surface area (Å²) in [6.07, 6.45) is 0. The molecule has 1 saturated heterocycles. The van der Waals surface area contributed by atoms with E-state index in [0.717, 1.165) is 5.69 Å². The van der Waals surface area contributed by atoms with Crippen LogP contribution in [0, 0.1) is 0 Å². The number of piperazine rings is 1. The van der Waals surface area contributed by atoms with E-state index in [9.17, 15) is 35.5 Å². The third-order valence-corrected chi connectivity index (χ3v) is 4.64. The molecule has 10 heteroatoms. The van der Waals surface area contributed by atoms with Gasteiger partial charge in [-0.1, -0.05) is 18.2 Å². The van der Waals surface area contributed by atoms with Crippen molar-refractivity contribution in [3.8, 4) is 0 Å². The number of anilines is 1. The van der Waals surface area contributed by atoms with Crippen LogP contribution < -0.4 is 4.90 Å². The van der Waals surface area contributed by atoms with Crippen LogP contribution in [0.5, 0.6) is 0 Å². The summed E-state index contributed by atoms with van der Waals surface area (Å²) in [6, 6.07) is 8.71. The molecule has 0 bridgehead atoms. The van der Waals surface area contributed by atoms with Gasteiger partial charge in [0.2, 0.25) is 0 Å². The van der Waals surface area contributed by atoms with Gasteiger partial charge in [-0.3, -0.25) is 4.79 Å². The number of rotatable bonds is 2. The molecule has 1 aromatic carbocycles. The number of carbonyl (C=O) groups is 1. The fourth-order valence-corrected chi connectivity index (χ4v) is 3.06. The minimum absolute atomic E-state index is 0.0688. The lowest BCUT2D eigenvalue weighted by Crippen LogP contribution is -2.88. The van der Waals surface area contributed by atoms with Gasteiger partial charge < -0.3 is 9.80 Å². The summed E-state index contributed by atoms with van der Waals surface area (Å²) in [6.45, 7) is -0.535. The lowest BCUT2D eigenvalue weighted by molar-refractivity contribution is -0.459. The van der Waals surface area contributed by atoms with Crippen molar-refractivity contribution in [1.29, 1.82) is 0 Å². The molecule has 1 aliphatic heterocycles. The van der Waals surface area contributed by atoms with Crippen molar-refractivity contribution in [2.24, 2.45) is 0 Å². The second kappa shape index (κ2) is 5.25. The zero-order valence-corrected chi connectivity index (χ0v) is 12.7. The van der Waals surface area contributed by atoms with Gasteiger partial charge in [0.25, 0.3) is 5.91 Å². The Bertz CT molecular complexity index is 654. The summed E-state index contributed by atoms with van der Waals surface area (Å²) in [7, 11) is 0. The summed E-state index contributed by atoms with van der Waals surface area (Å²) in [5.41, 5.74) is -4.49. The second-order valence-electron chi connectivity index (χ2n) is 6.00. The van der Waals surface area contributed by atoms with Crippen LogP contribution >= 0.6 is 0 Å². The van der Waals surface area contributed by atoms with Gasteiger partial charge in [-0.05, 0) is 12.1 Å². The standard InChI is InChI=1S/C15H13F7N2O/c16-12(13(17,18)15(21,22)14(12,19)20)11(25)24-8-6-23(7-9-24)10-4-2-1-3-5-10/h1-5H,6-9H2. The molecular weight excluding hydrogens is 357 g/mol. The highest BCUT2D eigenvalue weighted by atomic mass is 19.4. The van der Waals surface area contributed by atoms with Crippen LogP contribution in [-0.4, -0.2) is 60.4 Å². The highest BCUT2D eigenvalue weighted by molar-refractivity contribution is 5.90. The Morgan fingerprint density at radius 2 is 1.24 bits per heavy atom. The fourth-order valence-electron chi connectivity index (χ4n) is 3.06. The molecule has 2 fully saturated rings. The van der Waals surface area contributed by atoms with Crippen LogP contribution in [0.4, 0.5) is 36.4 Å². The predicted octanol–water partition coefficient (Wildman–Crippen LogP) is 2.96. The van der Waals surface area contributed by atoms with Gasteiger partial charge in [-0.2, -0.15) is 26.3 Å². The molecule has 2 aliphatic rings. The lowest BCUT2D eigenvalue weighted by atomic mass is 9.68. The molecule has 25 heavy (non-hydrogen) atoms. The SMILES string of the molecule is O=C(N1CCN(c2ccccc2)CC1)C1(F)C(F)(F)C(F)(F)C1(F)F. The maximum absolute atomic E-state index is 14.2. The highest BCUT2D eigenvalue weighted by Crippen LogP contribution is 2.69. The summed E-state index contributed by atoms with van der Waals surface area (Å²) in [4.78, 5) is 14.1. The van der Waals surface area contributed by atoms with Crippen molar-refractivity contribution < 1.29 is 35.5 Å². The number of para-hydroxylation sites is 1. The first kappa shape index (κ1) is 17.8. The van der Waals surface area contributed by atoms with Crippen LogP contribution in [0.15, 0.2) is 30.3 Å². The molecule has 0 atom stereocenters. The van der Waals surface area contributed by atoms with Crippen LogP contribution in [0.25, 0.3) is 0 Å². The summed E-state index contributed by atoms with van der Waals surface area (Å²) >= 11 is 0. The number of benzene rings is 1. The molecule has 1 aliphatic carbocycles. The zero-order chi connectivity index (χ0) is 18.7. The van der Waals surface area contributed by atoms with E-state index in [2.05, 4.69) is 0 Å². The minimum Gasteiger partial charge on any atom is -0.368 e. The largest absolute Gasteiger partial charge is 0.380 e. The summed E-state index contributed by atoms with van der Waals surface area (Å²) in [5.74, 6) is -19.7. The van der Waals surface area contributed by atoms with Crippen LogP contribution in [0.2, 0.25) is 0 Å². The molecule has 138 valence electrons. The Hall–Kier alpha value is -2.00. The number of halogens is 7. The predicted molar refractivity (Wildman–Crippen MR) is 73.9 cm³/mol. The molecule has 1 aromatic rings. The van der Waals surface area contributed by atoms with Crippen molar-refractivity contribution >= 4 is 11.6 Å². The Morgan fingerprint density at radius 3 is 1.72 bits per heavy atom. The number of hydrogen-bond acceptors (Lipinski definition) is 2. The smallest absolute Gasteiger partial charge is 0.368 e. The first-order chi connectivity index (χ1) is 11.5. The Balaban J connectivity index is 1.75. The Morgan fingerprint density at radius 1 is 0.760 bits per heavy atom. The van der Waals surface area contributed by atoms with Crippen molar-refractivity contribution in [1.82, 2.24) is 4.90 Å². The van der Waals surface area contributed by atoms with Gasteiger partial charge in [0, 0.05) is 31.9 Å². The summed E-state index contributed by atoms with van der Waals surface area (Å²) in [5, 5.41) is 0. The molecule has 0 spiro atoms. The molecule has 0 unspecified atom stereocenters. The summed E-state index contributed by atoms with van der Waals surface area (Å²) < 4.78 is 93.3. The van der Waals surface area contributed by atoms with Crippen molar-refractivity contribution in [2.45, 2.75) is 23.4 Å². The molecule has 1 amide bonds. The third-order valence-electron chi connectivity index (χ3n) is 4.64. The molecule has 3 rings (SSSR count). The first-order valence-electron chi connectivity index (χ1n) is 7.40. The molecule has 1 heterocycles. The Kier molecular flexibility index (Phi) is 3.74. The molecule has 0 radical (unpaired) electrons. The topological polar surface area (TPSA) is 23.6 Å². The van der Waals surface area contributed by atoms with Crippen molar-refractivity contribution in [3.63, 3.8) is 0 Å². The Labute approximate surface area is 138 Å². The quantitative estimate of drug-likeness (QED) is 0.748. The maximum Gasteiger partial charge on any atom is 0.380 e. The van der Waals surface area contributed by atoms with E-state index in [1.165, 1.54) is 0 Å². The van der Waals surface area contributed by atoms with E-state index in [1.54, 1.807) is 35.2 Å². The second-order valence-corrected chi connectivity index (χ2v) is 6.00. The van der Waals surface area contributed by atoms with Gasteiger partial charge >= 0.3 is 23.4 Å². The van der Waals surface area contributed by atoms with E-state index in [4.69, 9.17) is 0 Å². The number of nitrogens with zero attached hydrogens (tertiary/aromatic N) is 2. The molecular formula is C15H13F7N2O. The number of alkyl halides is 7. The van der Waals surface area contributed by atoms with Crippen LogP contribution in [0.1, 0.15) is 0 Å². The lowest BCUT2D eigenvalue weighted by Gasteiger charge is -2.54.